The van der Waals surface area contributed by atoms with E-state index in [-0.39, 0.29) is 0 Å². The first-order valence-corrected chi connectivity index (χ1v) is 6.76. The topological polar surface area (TPSA) is 33.3 Å². The molecule has 1 aromatic rings. The largest absolute Gasteiger partial charge is 0.495 e. The van der Waals surface area contributed by atoms with Crippen molar-refractivity contribution < 1.29 is 4.74 Å². The average Bonchev–Trinajstić information content (AvgIpc) is 2.29. The number of nitrogens with one attached hydrogen (secondary N) is 2. The predicted molar refractivity (Wildman–Crippen MR) is 81.7 cm³/mol. The van der Waals surface area contributed by atoms with Crippen molar-refractivity contribution in [2.45, 2.75) is 32.7 Å². The zero-order chi connectivity index (χ0) is 13.5. The maximum atomic E-state index is 5.95. The van der Waals surface area contributed by atoms with Gasteiger partial charge >= 0.3 is 0 Å². The number of rotatable bonds is 5. The van der Waals surface area contributed by atoms with E-state index in [0.29, 0.717) is 21.9 Å². The molecule has 0 spiro atoms. The highest BCUT2D eigenvalue weighted by Gasteiger charge is 2.07. The van der Waals surface area contributed by atoms with Crippen LogP contribution in [0.2, 0.25) is 5.02 Å². The molecule has 1 aromatic carbocycles. The number of ether oxygens (including phenoxy) is 1. The fourth-order valence-corrected chi connectivity index (χ4v) is 2.15. The van der Waals surface area contributed by atoms with Crippen molar-refractivity contribution in [1.82, 2.24) is 5.32 Å². The van der Waals surface area contributed by atoms with Gasteiger partial charge in [-0.3, -0.25) is 0 Å². The van der Waals surface area contributed by atoms with Crippen molar-refractivity contribution in [1.29, 1.82) is 0 Å². The fourth-order valence-electron chi connectivity index (χ4n) is 1.67. The second kappa shape index (κ2) is 7.44. The minimum absolute atomic E-state index is 0.347. The van der Waals surface area contributed by atoms with Crippen LogP contribution in [-0.4, -0.2) is 18.3 Å². The Labute approximate surface area is 119 Å². The van der Waals surface area contributed by atoms with Crippen LogP contribution in [0.4, 0.5) is 5.69 Å². The molecule has 0 saturated heterocycles. The van der Waals surface area contributed by atoms with Crippen LogP contribution >= 0.6 is 23.8 Å². The lowest BCUT2D eigenvalue weighted by Gasteiger charge is -2.17. The number of methoxy groups -OCH3 is 1. The zero-order valence-electron chi connectivity index (χ0n) is 10.9. The Morgan fingerprint density at radius 1 is 1.50 bits per heavy atom. The monoisotopic (exact) mass is 286 g/mol. The van der Waals surface area contributed by atoms with E-state index in [0.717, 1.165) is 18.5 Å². The zero-order valence-corrected chi connectivity index (χ0v) is 12.5. The second-order valence-corrected chi connectivity index (χ2v) is 4.98. The summed E-state index contributed by atoms with van der Waals surface area (Å²) in [5.74, 6) is 0.715. The molecule has 5 heteroatoms. The van der Waals surface area contributed by atoms with Gasteiger partial charge < -0.3 is 15.4 Å². The van der Waals surface area contributed by atoms with Gasteiger partial charge in [-0.15, -0.1) is 0 Å². The summed E-state index contributed by atoms with van der Waals surface area (Å²) in [6.07, 6.45) is 2.20. The Bertz CT molecular complexity index is 412. The van der Waals surface area contributed by atoms with Crippen molar-refractivity contribution in [2.75, 3.05) is 12.4 Å². The number of benzene rings is 1. The van der Waals surface area contributed by atoms with Crippen molar-refractivity contribution >= 4 is 34.6 Å². The van der Waals surface area contributed by atoms with Gasteiger partial charge in [0, 0.05) is 11.1 Å². The summed E-state index contributed by atoms with van der Waals surface area (Å²) in [6.45, 7) is 4.25. The van der Waals surface area contributed by atoms with E-state index in [2.05, 4.69) is 24.5 Å². The molecule has 0 aliphatic rings. The maximum absolute atomic E-state index is 5.95. The van der Waals surface area contributed by atoms with Crippen LogP contribution in [0.15, 0.2) is 18.2 Å². The van der Waals surface area contributed by atoms with Gasteiger partial charge in [0.2, 0.25) is 0 Å². The molecule has 0 fully saturated rings. The van der Waals surface area contributed by atoms with Crippen LogP contribution in [0.1, 0.15) is 26.7 Å². The first-order chi connectivity index (χ1) is 8.56. The number of hydrogen-bond acceptors (Lipinski definition) is 2. The molecule has 0 amide bonds. The van der Waals surface area contributed by atoms with Crippen LogP contribution in [0.5, 0.6) is 5.75 Å². The number of halogens is 1. The molecular formula is C13H19ClN2OS. The molecule has 1 rings (SSSR count). The second-order valence-electron chi connectivity index (χ2n) is 4.13. The molecule has 0 aliphatic carbocycles. The minimum atomic E-state index is 0.347. The van der Waals surface area contributed by atoms with E-state index in [1.165, 1.54) is 0 Å². The molecule has 1 atom stereocenters. The molecule has 0 saturated carbocycles. The third kappa shape index (κ3) is 4.70. The molecule has 1 unspecified atom stereocenters. The summed E-state index contributed by atoms with van der Waals surface area (Å²) >= 11 is 11.2. The van der Waals surface area contributed by atoms with Gasteiger partial charge in [0.15, 0.2) is 5.11 Å². The van der Waals surface area contributed by atoms with Gasteiger partial charge in [-0.25, -0.2) is 0 Å². The highest BCUT2D eigenvalue weighted by molar-refractivity contribution is 7.80. The summed E-state index contributed by atoms with van der Waals surface area (Å²) in [5.41, 5.74) is 0.770. The lowest BCUT2D eigenvalue weighted by Crippen LogP contribution is -2.35. The molecule has 0 heterocycles. The van der Waals surface area contributed by atoms with E-state index in [4.69, 9.17) is 28.6 Å². The Kier molecular flexibility index (Phi) is 6.22. The van der Waals surface area contributed by atoms with Gasteiger partial charge in [0.25, 0.3) is 0 Å². The summed E-state index contributed by atoms with van der Waals surface area (Å²) in [5, 5.41) is 7.55. The van der Waals surface area contributed by atoms with Gasteiger partial charge in [-0.1, -0.05) is 24.9 Å². The predicted octanol–water partition coefficient (Wildman–Crippen LogP) is 3.82. The highest BCUT2D eigenvalue weighted by atomic mass is 35.5. The Balaban J connectivity index is 2.66. The SMILES string of the molecule is CCCC(C)NC(=S)Nc1cc(Cl)ccc1OC. The van der Waals surface area contributed by atoms with Crippen molar-refractivity contribution in [3.05, 3.63) is 23.2 Å². The van der Waals surface area contributed by atoms with Crippen LogP contribution in [0.25, 0.3) is 0 Å². The van der Waals surface area contributed by atoms with Crippen molar-refractivity contribution in [3.63, 3.8) is 0 Å². The van der Waals surface area contributed by atoms with Crippen molar-refractivity contribution in [3.8, 4) is 5.75 Å². The lowest BCUT2D eigenvalue weighted by atomic mass is 10.2. The lowest BCUT2D eigenvalue weighted by molar-refractivity contribution is 0.417. The molecule has 3 nitrogen and oxygen atoms in total. The fraction of sp³-hybridized carbons (Fsp3) is 0.462. The molecule has 0 bridgehead atoms. The molecule has 0 aliphatic heterocycles. The first kappa shape index (κ1) is 15.1. The highest BCUT2D eigenvalue weighted by Crippen LogP contribution is 2.27. The maximum Gasteiger partial charge on any atom is 0.171 e. The molecule has 18 heavy (non-hydrogen) atoms. The standard InChI is InChI=1S/C13H19ClN2OS/c1-4-5-9(2)15-13(18)16-11-8-10(14)6-7-12(11)17-3/h6-9H,4-5H2,1-3H3,(H2,15,16,18). The molecule has 2 N–H and O–H groups in total. The van der Waals surface area contributed by atoms with Crippen LogP contribution in [0.3, 0.4) is 0 Å². The molecule has 0 radical (unpaired) electrons. The van der Waals surface area contributed by atoms with Crippen LogP contribution in [0, 0.1) is 0 Å². The van der Waals surface area contributed by atoms with Crippen LogP contribution < -0.4 is 15.4 Å². The number of anilines is 1. The third-order valence-corrected chi connectivity index (χ3v) is 2.96. The first-order valence-electron chi connectivity index (χ1n) is 5.97. The van der Waals surface area contributed by atoms with Gasteiger partial charge in [-0.05, 0) is 43.8 Å². The number of hydrogen-bond donors (Lipinski definition) is 2. The third-order valence-electron chi connectivity index (χ3n) is 2.51. The smallest absolute Gasteiger partial charge is 0.171 e. The van der Waals surface area contributed by atoms with E-state index in [9.17, 15) is 0 Å². The summed E-state index contributed by atoms with van der Waals surface area (Å²) in [7, 11) is 1.62. The summed E-state index contributed by atoms with van der Waals surface area (Å²) in [4.78, 5) is 0. The Hall–Kier alpha value is -1.00. The van der Waals surface area contributed by atoms with E-state index in [1.807, 2.05) is 6.07 Å². The van der Waals surface area contributed by atoms with Gasteiger partial charge in [0.05, 0.1) is 12.8 Å². The Morgan fingerprint density at radius 3 is 2.83 bits per heavy atom. The summed E-state index contributed by atoms with van der Waals surface area (Å²) < 4.78 is 5.25. The molecular weight excluding hydrogens is 268 g/mol. The molecule has 100 valence electrons. The molecule has 0 aromatic heterocycles. The van der Waals surface area contributed by atoms with Gasteiger partial charge in [-0.2, -0.15) is 0 Å². The quantitative estimate of drug-likeness (QED) is 0.806. The van der Waals surface area contributed by atoms with Crippen LogP contribution in [-0.2, 0) is 0 Å². The summed E-state index contributed by atoms with van der Waals surface area (Å²) in [6, 6.07) is 5.73. The van der Waals surface area contributed by atoms with Crippen molar-refractivity contribution in [2.24, 2.45) is 0 Å². The minimum Gasteiger partial charge on any atom is -0.495 e. The van der Waals surface area contributed by atoms with E-state index < -0.39 is 0 Å². The average molecular weight is 287 g/mol. The van der Waals surface area contributed by atoms with E-state index >= 15 is 0 Å². The van der Waals surface area contributed by atoms with E-state index in [1.54, 1.807) is 19.2 Å². The van der Waals surface area contributed by atoms with Gasteiger partial charge in [0.1, 0.15) is 5.75 Å². The Morgan fingerprint density at radius 2 is 2.22 bits per heavy atom. The normalized spacial score (nSPS) is 11.8. The number of thiocarbonyl (C=S) groups is 1.